The van der Waals surface area contributed by atoms with E-state index in [9.17, 15) is 0 Å². The summed E-state index contributed by atoms with van der Waals surface area (Å²) in [5.74, 6) is 1.35. The molecule has 0 aromatic rings. The van der Waals surface area contributed by atoms with Gasteiger partial charge in [0.15, 0.2) is 0 Å². The molecule has 90 valence electrons. The molecular weight excluding hydrogens is 208 g/mol. The van der Waals surface area contributed by atoms with E-state index in [0.29, 0.717) is 5.92 Å². The van der Waals surface area contributed by atoms with Crippen molar-refractivity contribution in [2.24, 2.45) is 11.8 Å². The van der Waals surface area contributed by atoms with Crippen molar-refractivity contribution in [2.45, 2.75) is 64.4 Å². The monoisotopic (exact) mass is 232 g/mol. The molecule has 1 fully saturated rings. The third-order valence-electron chi connectivity index (χ3n) is 3.50. The first-order valence-electron chi connectivity index (χ1n) is 6.53. The molecule has 0 radical (unpaired) electrons. The van der Waals surface area contributed by atoms with Gasteiger partial charge in [0, 0.05) is 0 Å². The van der Waals surface area contributed by atoms with Crippen molar-refractivity contribution in [1.29, 1.82) is 0 Å². The molecule has 0 amide bonds. The van der Waals surface area contributed by atoms with Crippen LogP contribution in [0.15, 0.2) is 0 Å². The summed E-state index contributed by atoms with van der Waals surface area (Å²) in [4.78, 5) is 0. The van der Waals surface area contributed by atoms with Crippen LogP contribution in [0.5, 0.6) is 0 Å². The Labute approximate surface area is 99.5 Å². The first-order valence-corrected chi connectivity index (χ1v) is 6.97. The van der Waals surface area contributed by atoms with Crippen molar-refractivity contribution in [2.75, 3.05) is 6.61 Å². The predicted molar refractivity (Wildman–Crippen MR) is 66.2 cm³/mol. The Morgan fingerprint density at radius 2 is 2.00 bits per heavy atom. The molecule has 0 N–H and O–H groups in total. The van der Waals surface area contributed by atoms with Crippen molar-refractivity contribution in [3.63, 3.8) is 0 Å². The standard InChI is InChI=1S/C13H25ClO/c1-3-5-6-7-8-12-9-11(4-2)10-15-13(12)14/h11-13H,3-10H2,1-2H3. The van der Waals surface area contributed by atoms with Gasteiger partial charge in [-0.25, -0.2) is 0 Å². The van der Waals surface area contributed by atoms with Gasteiger partial charge >= 0.3 is 0 Å². The second-order valence-corrected chi connectivity index (χ2v) is 5.23. The van der Waals surface area contributed by atoms with Gasteiger partial charge in [-0.05, 0) is 24.7 Å². The number of hydrogen-bond acceptors (Lipinski definition) is 1. The molecule has 0 aromatic heterocycles. The Morgan fingerprint density at radius 3 is 2.67 bits per heavy atom. The van der Waals surface area contributed by atoms with E-state index < -0.39 is 0 Å². The summed E-state index contributed by atoms with van der Waals surface area (Å²) < 4.78 is 5.62. The Morgan fingerprint density at radius 1 is 1.20 bits per heavy atom. The summed E-state index contributed by atoms with van der Waals surface area (Å²) in [5.41, 5.74) is -0.0190. The number of hydrogen-bond donors (Lipinski definition) is 0. The number of rotatable bonds is 6. The van der Waals surface area contributed by atoms with Crippen LogP contribution in [0.3, 0.4) is 0 Å². The molecule has 1 saturated heterocycles. The lowest BCUT2D eigenvalue weighted by Crippen LogP contribution is -2.30. The topological polar surface area (TPSA) is 9.23 Å². The third-order valence-corrected chi connectivity index (χ3v) is 3.99. The molecule has 0 spiro atoms. The number of halogens is 1. The second kappa shape index (κ2) is 7.51. The highest BCUT2D eigenvalue weighted by molar-refractivity contribution is 6.19. The fourth-order valence-electron chi connectivity index (χ4n) is 2.33. The van der Waals surface area contributed by atoms with Crippen LogP contribution in [0, 0.1) is 11.8 Å². The maximum Gasteiger partial charge on any atom is 0.134 e. The SMILES string of the molecule is CCCCCCC1CC(CC)COC1Cl. The first kappa shape index (κ1) is 13.3. The minimum Gasteiger partial charge on any atom is -0.362 e. The zero-order valence-corrected chi connectivity index (χ0v) is 10.9. The molecule has 1 aliphatic rings. The van der Waals surface area contributed by atoms with Gasteiger partial charge in [0.2, 0.25) is 0 Å². The third kappa shape index (κ3) is 4.74. The molecule has 1 heterocycles. The zero-order valence-electron chi connectivity index (χ0n) is 10.2. The minimum atomic E-state index is -0.0190. The lowest BCUT2D eigenvalue weighted by molar-refractivity contribution is -0.0153. The Hall–Kier alpha value is 0.250. The minimum absolute atomic E-state index is 0.0190. The fraction of sp³-hybridized carbons (Fsp3) is 1.00. The second-order valence-electron chi connectivity index (χ2n) is 4.80. The van der Waals surface area contributed by atoms with E-state index in [1.165, 1.54) is 44.9 Å². The van der Waals surface area contributed by atoms with E-state index in [-0.39, 0.29) is 5.56 Å². The van der Waals surface area contributed by atoms with Crippen LogP contribution in [-0.2, 0) is 4.74 Å². The van der Waals surface area contributed by atoms with Crippen molar-refractivity contribution in [3.8, 4) is 0 Å². The van der Waals surface area contributed by atoms with Crippen LogP contribution in [0.2, 0.25) is 0 Å². The van der Waals surface area contributed by atoms with E-state index in [2.05, 4.69) is 13.8 Å². The molecule has 0 bridgehead atoms. The van der Waals surface area contributed by atoms with Crippen molar-refractivity contribution >= 4 is 11.6 Å². The number of unbranched alkanes of at least 4 members (excludes halogenated alkanes) is 3. The van der Waals surface area contributed by atoms with Crippen LogP contribution in [0.4, 0.5) is 0 Å². The summed E-state index contributed by atoms with van der Waals surface area (Å²) >= 11 is 6.20. The summed E-state index contributed by atoms with van der Waals surface area (Å²) in [7, 11) is 0. The van der Waals surface area contributed by atoms with Gasteiger partial charge in [0.25, 0.3) is 0 Å². The van der Waals surface area contributed by atoms with Crippen LogP contribution < -0.4 is 0 Å². The molecule has 1 nitrogen and oxygen atoms in total. The van der Waals surface area contributed by atoms with Crippen LogP contribution >= 0.6 is 11.6 Å². The Balaban J connectivity index is 2.19. The quantitative estimate of drug-likeness (QED) is 0.481. The maximum atomic E-state index is 6.20. The number of ether oxygens (including phenoxy) is 1. The van der Waals surface area contributed by atoms with Crippen molar-refractivity contribution in [3.05, 3.63) is 0 Å². The number of alkyl halides is 1. The molecule has 3 unspecified atom stereocenters. The van der Waals surface area contributed by atoms with Crippen LogP contribution in [-0.4, -0.2) is 12.2 Å². The molecule has 0 aliphatic carbocycles. The smallest absolute Gasteiger partial charge is 0.134 e. The van der Waals surface area contributed by atoms with E-state index in [1.807, 2.05) is 0 Å². The average Bonchev–Trinajstić information content (AvgIpc) is 2.26. The maximum absolute atomic E-state index is 6.20. The van der Waals surface area contributed by atoms with Gasteiger partial charge in [0.1, 0.15) is 5.56 Å². The van der Waals surface area contributed by atoms with Crippen LogP contribution in [0.25, 0.3) is 0 Å². The lowest BCUT2D eigenvalue weighted by atomic mass is 9.87. The Bertz CT molecular complexity index is 161. The molecule has 3 atom stereocenters. The normalized spacial score (nSPS) is 31.8. The van der Waals surface area contributed by atoms with Gasteiger partial charge in [-0.15, -0.1) is 0 Å². The summed E-state index contributed by atoms with van der Waals surface area (Å²) in [6, 6.07) is 0. The molecule has 0 saturated carbocycles. The van der Waals surface area contributed by atoms with Crippen molar-refractivity contribution in [1.82, 2.24) is 0 Å². The fourth-order valence-corrected chi connectivity index (χ4v) is 2.64. The molecule has 2 heteroatoms. The van der Waals surface area contributed by atoms with Gasteiger partial charge in [-0.2, -0.15) is 0 Å². The molecule has 15 heavy (non-hydrogen) atoms. The van der Waals surface area contributed by atoms with Crippen LogP contribution in [0.1, 0.15) is 58.8 Å². The first-order chi connectivity index (χ1) is 7.27. The molecular formula is C13H25ClO. The summed E-state index contributed by atoms with van der Waals surface area (Å²) in [5, 5.41) is 0. The average molecular weight is 233 g/mol. The predicted octanol–water partition coefficient (Wildman–Crippen LogP) is 4.58. The summed E-state index contributed by atoms with van der Waals surface area (Å²) in [6.07, 6.45) is 9.10. The zero-order chi connectivity index (χ0) is 11.1. The highest BCUT2D eigenvalue weighted by Crippen LogP contribution is 2.32. The van der Waals surface area contributed by atoms with Gasteiger partial charge in [0.05, 0.1) is 6.61 Å². The highest BCUT2D eigenvalue weighted by atomic mass is 35.5. The van der Waals surface area contributed by atoms with E-state index in [0.717, 1.165) is 12.5 Å². The molecule has 1 rings (SSSR count). The molecule has 1 aliphatic heterocycles. The van der Waals surface area contributed by atoms with E-state index >= 15 is 0 Å². The largest absolute Gasteiger partial charge is 0.362 e. The van der Waals surface area contributed by atoms with Gasteiger partial charge in [-0.1, -0.05) is 57.6 Å². The highest BCUT2D eigenvalue weighted by Gasteiger charge is 2.28. The van der Waals surface area contributed by atoms with Gasteiger partial charge in [-0.3, -0.25) is 0 Å². The van der Waals surface area contributed by atoms with E-state index in [1.54, 1.807) is 0 Å². The Kier molecular flexibility index (Phi) is 6.67. The van der Waals surface area contributed by atoms with E-state index in [4.69, 9.17) is 16.3 Å². The summed E-state index contributed by atoms with van der Waals surface area (Å²) in [6.45, 7) is 5.37. The van der Waals surface area contributed by atoms with Crippen molar-refractivity contribution < 1.29 is 4.74 Å². The molecule has 0 aromatic carbocycles. The van der Waals surface area contributed by atoms with Gasteiger partial charge < -0.3 is 4.74 Å². The lowest BCUT2D eigenvalue weighted by Gasteiger charge is -2.32.